The quantitative estimate of drug-likeness (QED) is 0.511. The average Bonchev–Trinajstić information content (AvgIpc) is 3.30. The molecule has 0 bridgehead atoms. The number of allylic oxidation sites excluding steroid dienone is 1. The molecule has 31 heavy (non-hydrogen) atoms. The number of hydrogen-bond donors (Lipinski definition) is 3. The van der Waals surface area contributed by atoms with Gasteiger partial charge in [-0.2, -0.15) is 0 Å². The van der Waals surface area contributed by atoms with Gasteiger partial charge in [0.05, 0.1) is 17.0 Å². The molecular weight excluding hydrogens is 392 g/mol. The Balaban J connectivity index is 1.88. The van der Waals surface area contributed by atoms with E-state index >= 15 is 0 Å². The van der Waals surface area contributed by atoms with E-state index in [9.17, 15) is 14.7 Å². The summed E-state index contributed by atoms with van der Waals surface area (Å²) in [4.78, 5) is 36.2. The first kappa shape index (κ1) is 21.1. The van der Waals surface area contributed by atoms with Crippen LogP contribution in [0.15, 0.2) is 30.5 Å². The number of fused-ring (bicyclic) bond motifs is 2. The van der Waals surface area contributed by atoms with Crippen LogP contribution in [0.2, 0.25) is 0 Å². The van der Waals surface area contributed by atoms with Crippen LogP contribution in [0, 0.1) is 0 Å². The number of aromatic nitrogens is 2. The molecule has 2 heterocycles. The molecule has 4 rings (SSSR count). The summed E-state index contributed by atoms with van der Waals surface area (Å²) in [5.41, 5.74) is 5.14. The van der Waals surface area contributed by atoms with Gasteiger partial charge in [0.2, 0.25) is 11.6 Å². The highest BCUT2D eigenvalue weighted by Crippen LogP contribution is 2.38. The molecule has 1 aliphatic carbocycles. The number of hydrogen-bond acceptors (Lipinski definition) is 5. The van der Waals surface area contributed by atoms with Gasteiger partial charge >= 0.3 is 0 Å². The minimum atomic E-state index is -0.519. The second-order valence-corrected chi connectivity index (χ2v) is 8.60. The Kier molecular flexibility index (Phi) is 5.56. The lowest BCUT2D eigenvalue weighted by Gasteiger charge is -2.16. The molecule has 3 aromatic rings. The van der Waals surface area contributed by atoms with Crippen LogP contribution in [0.1, 0.15) is 32.9 Å². The topological polar surface area (TPSA) is 92.4 Å². The van der Waals surface area contributed by atoms with Crippen molar-refractivity contribution in [3.63, 3.8) is 0 Å². The Morgan fingerprint density at radius 1 is 0.968 bits per heavy atom. The van der Waals surface area contributed by atoms with E-state index in [-0.39, 0.29) is 5.75 Å². The highest BCUT2D eigenvalue weighted by molar-refractivity contribution is 6.51. The highest BCUT2D eigenvalue weighted by Gasteiger charge is 2.32. The van der Waals surface area contributed by atoms with Crippen LogP contribution in [-0.2, 0) is 17.6 Å². The summed E-state index contributed by atoms with van der Waals surface area (Å²) in [7, 11) is 7.95. The molecule has 0 aliphatic heterocycles. The molecule has 7 heteroatoms. The number of ketones is 2. The summed E-state index contributed by atoms with van der Waals surface area (Å²) in [6.07, 6.45) is 4.60. The van der Waals surface area contributed by atoms with Gasteiger partial charge in [-0.25, -0.2) is 0 Å². The third-order valence-corrected chi connectivity index (χ3v) is 5.77. The fourth-order valence-electron chi connectivity index (χ4n) is 4.18. The number of phenols is 1. The minimum Gasteiger partial charge on any atom is -0.507 e. The van der Waals surface area contributed by atoms with Gasteiger partial charge in [-0.15, -0.1) is 0 Å². The van der Waals surface area contributed by atoms with Crippen LogP contribution < -0.4 is 0 Å². The number of benzene rings is 1. The third kappa shape index (κ3) is 3.82. The number of nitrogens with one attached hydrogen (secondary N) is 2. The SMILES string of the molecule is CN(C)CCc1c[nH]c2c1C(=O)C(=O)C=C2c1[nH]c2cccc(O)c2c1CCN(C)C. The van der Waals surface area contributed by atoms with Crippen LogP contribution in [-0.4, -0.2) is 77.7 Å². The molecule has 0 saturated carbocycles. The summed E-state index contributed by atoms with van der Waals surface area (Å²) in [6.45, 7) is 1.55. The van der Waals surface area contributed by atoms with Gasteiger partial charge in [0.15, 0.2) is 0 Å². The molecule has 0 amide bonds. The Morgan fingerprint density at radius 2 is 1.68 bits per heavy atom. The Bertz CT molecular complexity index is 1200. The number of H-pyrrole nitrogens is 2. The summed E-state index contributed by atoms with van der Waals surface area (Å²) in [6, 6.07) is 5.37. The van der Waals surface area contributed by atoms with Crippen LogP contribution >= 0.6 is 0 Å². The molecule has 2 aromatic heterocycles. The number of rotatable bonds is 7. The molecule has 0 radical (unpaired) electrons. The van der Waals surface area contributed by atoms with Gasteiger partial charge in [0.25, 0.3) is 0 Å². The first-order chi connectivity index (χ1) is 14.8. The van der Waals surface area contributed by atoms with Crippen LogP contribution in [0.3, 0.4) is 0 Å². The predicted molar refractivity (Wildman–Crippen MR) is 122 cm³/mol. The molecule has 162 valence electrons. The zero-order chi connectivity index (χ0) is 22.3. The van der Waals surface area contributed by atoms with Crippen LogP contribution in [0.25, 0.3) is 16.5 Å². The maximum Gasteiger partial charge on any atom is 0.235 e. The molecule has 0 unspecified atom stereocenters. The summed E-state index contributed by atoms with van der Waals surface area (Å²) >= 11 is 0. The van der Waals surface area contributed by atoms with E-state index in [1.54, 1.807) is 12.1 Å². The van der Waals surface area contributed by atoms with Gasteiger partial charge in [-0.3, -0.25) is 9.59 Å². The number of nitrogens with zero attached hydrogens (tertiary/aromatic N) is 2. The normalized spacial score (nSPS) is 14.1. The van der Waals surface area contributed by atoms with Gasteiger partial charge in [-0.05, 0) is 64.3 Å². The van der Waals surface area contributed by atoms with E-state index < -0.39 is 11.6 Å². The fraction of sp³-hybridized carbons (Fsp3) is 0.333. The number of likely N-dealkylation sites (N-methyl/N-ethyl adjacent to an activating group) is 2. The van der Waals surface area contributed by atoms with Crippen molar-refractivity contribution >= 4 is 28.0 Å². The lowest BCUT2D eigenvalue weighted by atomic mass is 9.88. The number of phenolic OH excluding ortho intramolecular Hbond substituents is 1. The zero-order valence-electron chi connectivity index (χ0n) is 18.4. The minimum absolute atomic E-state index is 0.200. The predicted octanol–water partition coefficient (Wildman–Crippen LogP) is 2.61. The van der Waals surface area contributed by atoms with Crippen molar-refractivity contribution in [2.45, 2.75) is 12.8 Å². The van der Waals surface area contributed by atoms with E-state index in [1.807, 2.05) is 45.4 Å². The van der Waals surface area contributed by atoms with Crippen molar-refractivity contribution < 1.29 is 14.7 Å². The summed E-state index contributed by atoms with van der Waals surface area (Å²) in [5, 5.41) is 11.3. The second kappa shape index (κ2) is 8.17. The van der Waals surface area contributed by atoms with E-state index in [1.165, 1.54) is 6.08 Å². The molecule has 0 spiro atoms. The van der Waals surface area contributed by atoms with Gasteiger partial charge in [0, 0.05) is 41.8 Å². The van der Waals surface area contributed by atoms with E-state index in [0.717, 1.165) is 40.8 Å². The number of carbonyl (C=O) groups excluding carboxylic acids is 2. The lowest BCUT2D eigenvalue weighted by molar-refractivity contribution is -0.111. The highest BCUT2D eigenvalue weighted by atomic mass is 16.3. The third-order valence-electron chi connectivity index (χ3n) is 5.77. The van der Waals surface area contributed by atoms with E-state index in [0.29, 0.717) is 29.7 Å². The largest absolute Gasteiger partial charge is 0.507 e. The molecule has 1 aliphatic rings. The second-order valence-electron chi connectivity index (χ2n) is 8.60. The fourth-order valence-corrected chi connectivity index (χ4v) is 4.18. The lowest BCUT2D eigenvalue weighted by Crippen LogP contribution is -2.22. The standard InChI is InChI=1S/C24H28N4O3/c1-27(2)10-8-14-13-25-23-16(12-19(30)24(31)20(14)23)22-15(9-11-28(3)4)21-17(26-22)6-5-7-18(21)29/h5-7,12-13,25-26,29H,8-11H2,1-4H3. The van der Waals surface area contributed by atoms with Crippen molar-refractivity contribution in [3.8, 4) is 5.75 Å². The van der Waals surface area contributed by atoms with Gasteiger partial charge in [0.1, 0.15) is 5.75 Å². The number of aromatic hydroxyl groups is 1. The Labute approximate surface area is 181 Å². The van der Waals surface area contributed by atoms with E-state index in [2.05, 4.69) is 14.9 Å². The Hall–Kier alpha value is -3.16. The maximum atomic E-state index is 12.8. The van der Waals surface area contributed by atoms with E-state index in [4.69, 9.17) is 0 Å². The van der Waals surface area contributed by atoms with Crippen molar-refractivity contribution in [1.82, 2.24) is 19.8 Å². The molecule has 7 nitrogen and oxygen atoms in total. The summed E-state index contributed by atoms with van der Waals surface area (Å²) in [5.74, 6) is -0.789. The smallest absolute Gasteiger partial charge is 0.235 e. The zero-order valence-corrected chi connectivity index (χ0v) is 18.4. The van der Waals surface area contributed by atoms with Crippen molar-refractivity contribution in [2.75, 3.05) is 41.3 Å². The van der Waals surface area contributed by atoms with Crippen molar-refractivity contribution in [3.05, 3.63) is 58.6 Å². The average molecular weight is 421 g/mol. The molecule has 1 aromatic carbocycles. The molecule has 0 atom stereocenters. The first-order valence-corrected chi connectivity index (χ1v) is 10.4. The van der Waals surface area contributed by atoms with Crippen molar-refractivity contribution in [1.29, 1.82) is 0 Å². The Morgan fingerprint density at radius 3 is 2.39 bits per heavy atom. The van der Waals surface area contributed by atoms with Gasteiger partial charge in [-0.1, -0.05) is 6.07 Å². The molecule has 0 fully saturated rings. The number of carbonyl (C=O) groups is 2. The first-order valence-electron chi connectivity index (χ1n) is 10.4. The monoisotopic (exact) mass is 420 g/mol. The van der Waals surface area contributed by atoms with Crippen LogP contribution in [0.5, 0.6) is 5.75 Å². The maximum absolute atomic E-state index is 12.8. The van der Waals surface area contributed by atoms with Crippen molar-refractivity contribution in [2.24, 2.45) is 0 Å². The molecular formula is C24H28N4O3. The van der Waals surface area contributed by atoms with Crippen LogP contribution in [0.4, 0.5) is 0 Å². The number of aromatic amines is 2. The summed E-state index contributed by atoms with van der Waals surface area (Å²) < 4.78 is 0. The van der Waals surface area contributed by atoms with Gasteiger partial charge < -0.3 is 24.9 Å². The molecule has 0 saturated heterocycles. The molecule has 3 N–H and O–H groups in total. The number of Topliss-reactive ketones (excluding diaryl/α,β-unsaturated/α-hetero) is 1.